The van der Waals surface area contributed by atoms with E-state index in [0.717, 1.165) is 57.5 Å². The van der Waals surface area contributed by atoms with Crippen molar-refractivity contribution in [1.82, 2.24) is 15.2 Å². The Hall–Kier alpha value is -2.76. The predicted molar refractivity (Wildman–Crippen MR) is 116 cm³/mol. The molecule has 1 unspecified atom stereocenters. The monoisotopic (exact) mass is 378 g/mol. The van der Waals surface area contributed by atoms with Crippen molar-refractivity contribution in [2.24, 2.45) is 4.99 Å². The maximum atomic E-state index is 4.53. The summed E-state index contributed by atoms with van der Waals surface area (Å²) in [5.41, 5.74) is 2.85. The molecule has 148 valence electrons. The van der Waals surface area contributed by atoms with Crippen molar-refractivity contribution < 1.29 is 0 Å². The van der Waals surface area contributed by atoms with Gasteiger partial charge in [0.2, 0.25) is 0 Å². The van der Waals surface area contributed by atoms with Gasteiger partial charge in [-0.25, -0.2) is 4.98 Å². The fourth-order valence-corrected chi connectivity index (χ4v) is 4.19. The molecule has 2 aromatic rings. The average Bonchev–Trinajstić information content (AvgIpc) is 3.19. The van der Waals surface area contributed by atoms with Crippen molar-refractivity contribution in [2.45, 2.75) is 19.4 Å². The molecule has 1 saturated heterocycles. The van der Waals surface area contributed by atoms with Gasteiger partial charge in [-0.1, -0.05) is 24.3 Å². The lowest BCUT2D eigenvalue weighted by molar-refractivity contribution is 0.370. The molecule has 0 saturated carbocycles. The highest BCUT2D eigenvalue weighted by Gasteiger charge is 2.24. The molecule has 2 aliphatic heterocycles. The zero-order valence-electron chi connectivity index (χ0n) is 16.9. The van der Waals surface area contributed by atoms with E-state index < -0.39 is 0 Å². The van der Waals surface area contributed by atoms with E-state index in [9.17, 15) is 0 Å². The SMILES string of the molecule is CN=C(NCC(C)N1CCc2ccccc21)N1CCN(c2ccccn2)CC1. The van der Waals surface area contributed by atoms with Crippen LogP contribution in [0.4, 0.5) is 11.5 Å². The molecule has 0 bridgehead atoms. The number of benzene rings is 1. The number of nitrogens with one attached hydrogen (secondary N) is 1. The summed E-state index contributed by atoms with van der Waals surface area (Å²) in [6, 6.07) is 15.3. The van der Waals surface area contributed by atoms with E-state index in [0.29, 0.717) is 6.04 Å². The molecule has 0 aliphatic carbocycles. The third-order valence-electron chi connectivity index (χ3n) is 5.78. The highest BCUT2D eigenvalue weighted by molar-refractivity contribution is 5.80. The van der Waals surface area contributed by atoms with Crippen molar-refractivity contribution in [3.05, 3.63) is 54.2 Å². The predicted octanol–water partition coefficient (Wildman–Crippen LogP) is 2.23. The molecule has 1 aromatic heterocycles. The Bertz CT molecular complexity index is 798. The summed E-state index contributed by atoms with van der Waals surface area (Å²) in [4.78, 5) is 16.2. The van der Waals surface area contributed by atoms with Crippen molar-refractivity contribution >= 4 is 17.5 Å². The molecule has 3 heterocycles. The van der Waals surface area contributed by atoms with Crippen LogP contribution in [0.3, 0.4) is 0 Å². The molecule has 0 radical (unpaired) electrons. The highest BCUT2D eigenvalue weighted by Crippen LogP contribution is 2.28. The van der Waals surface area contributed by atoms with Crippen molar-refractivity contribution in [2.75, 3.05) is 56.1 Å². The van der Waals surface area contributed by atoms with Crippen LogP contribution in [0.5, 0.6) is 0 Å². The van der Waals surface area contributed by atoms with Crippen LogP contribution in [0, 0.1) is 0 Å². The lowest BCUT2D eigenvalue weighted by Gasteiger charge is -2.37. The fourth-order valence-electron chi connectivity index (χ4n) is 4.19. The van der Waals surface area contributed by atoms with E-state index in [4.69, 9.17) is 0 Å². The van der Waals surface area contributed by atoms with Crippen LogP contribution in [0.1, 0.15) is 12.5 Å². The first kappa shape index (κ1) is 18.6. The first-order valence-electron chi connectivity index (χ1n) is 10.2. The summed E-state index contributed by atoms with van der Waals surface area (Å²) < 4.78 is 0. The molecule has 4 rings (SSSR count). The fraction of sp³-hybridized carbons (Fsp3) is 0.455. The summed E-state index contributed by atoms with van der Waals surface area (Å²) in [6.45, 7) is 8.13. The highest BCUT2D eigenvalue weighted by atomic mass is 15.4. The van der Waals surface area contributed by atoms with E-state index >= 15 is 0 Å². The Balaban J connectivity index is 1.30. The molecule has 0 spiro atoms. The van der Waals surface area contributed by atoms with E-state index in [1.54, 1.807) is 0 Å². The summed E-state index contributed by atoms with van der Waals surface area (Å²) >= 11 is 0. The zero-order chi connectivity index (χ0) is 19.3. The Kier molecular flexibility index (Phi) is 5.65. The Morgan fingerprint density at radius 3 is 2.61 bits per heavy atom. The molecule has 1 aromatic carbocycles. The van der Waals surface area contributed by atoms with Crippen LogP contribution in [0.25, 0.3) is 0 Å². The standard InChI is InChI=1S/C22H30N6/c1-18(28-12-10-19-7-3-4-8-20(19)28)17-25-22(23-2)27-15-13-26(14-16-27)21-9-5-6-11-24-21/h3-9,11,18H,10,12-17H2,1-2H3,(H,23,25). The summed E-state index contributed by atoms with van der Waals surface area (Å²) in [6.07, 6.45) is 3.00. The largest absolute Gasteiger partial charge is 0.366 e. The maximum absolute atomic E-state index is 4.53. The summed E-state index contributed by atoms with van der Waals surface area (Å²) in [5, 5.41) is 3.60. The van der Waals surface area contributed by atoms with E-state index in [1.807, 2.05) is 25.4 Å². The van der Waals surface area contributed by atoms with Gasteiger partial charge in [0.1, 0.15) is 5.82 Å². The van der Waals surface area contributed by atoms with Gasteiger partial charge in [-0.05, 0) is 37.1 Å². The number of rotatable bonds is 4. The smallest absolute Gasteiger partial charge is 0.193 e. The second kappa shape index (κ2) is 8.50. The zero-order valence-corrected chi connectivity index (χ0v) is 16.9. The number of hydrogen-bond donors (Lipinski definition) is 1. The van der Waals surface area contributed by atoms with Gasteiger partial charge in [-0.15, -0.1) is 0 Å². The molecule has 0 amide bonds. The lowest BCUT2D eigenvalue weighted by Crippen LogP contribution is -2.54. The second-order valence-electron chi connectivity index (χ2n) is 7.51. The third kappa shape index (κ3) is 3.91. The second-order valence-corrected chi connectivity index (χ2v) is 7.51. The normalized spacial score (nSPS) is 18.2. The topological polar surface area (TPSA) is 47.0 Å². The number of anilines is 2. The van der Waals surface area contributed by atoms with Crippen LogP contribution in [0.15, 0.2) is 53.7 Å². The summed E-state index contributed by atoms with van der Waals surface area (Å²) in [5.74, 6) is 2.06. The van der Waals surface area contributed by atoms with E-state index in [-0.39, 0.29) is 0 Å². The quantitative estimate of drug-likeness (QED) is 0.653. The molecular formula is C22H30N6. The van der Waals surface area contributed by atoms with Crippen molar-refractivity contribution in [1.29, 1.82) is 0 Å². The van der Waals surface area contributed by atoms with Gasteiger partial charge in [0.25, 0.3) is 0 Å². The molecule has 1 fully saturated rings. The molecule has 6 heteroatoms. The minimum absolute atomic E-state index is 0.426. The van der Waals surface area contributed by atoms with Gasteiger partial charge in [-0.2, -0.15) is 0 Å². The van der Waals surface area contributed by atoms with Crippen LogP contribution >= 0.6 is 0 Å². The van der Waals surface area contributed by atoms with Gasteiger partial charge in [-0.3, -0.25) is 4.99 Å². The van der Waals surface area contributed by atoms with E-state index in [2.05, 4.69) is 67.2 Å². The first-order valence-corrected chi connectivity index (χ1v) is 10.2. The van der Waals surface area contributed by atoms with Crippen LogP contribution in [-0.4, -0.2) is 68.2 Å². The number of hydrogen-bond acceptors (Lipinski definition) is 4. The Morgan fingerprint density at radius 2 is 1.86 bits per heavy atom. The number of aliphatic imine (C=N–C) groups is 1. The van der Waals surface area contributed by atoms with Crippen molar-refractivity contribution in [3.8, 4) is 0 Å². The number of pyridine rings is 1. The number of para-hydroxylation sites is 1. The molecule has 1 atom stereocenters. The number of nitrogens with zero attached hydrogens (tertiary/aromatic N) is 5. The van der Waals surface area contributed by atoms with Gasteiger partial charge in [0.05, 0.1) is 0 Å². The summed E-state index contributed by atoms with van der Waals surface area (Å²) in [7, 11) is 1.88. The first-order chi connectivity index (χ1) is 13.8. The van der Waals surface area contributed by atoms with Gasteiger partial charge in [0.15, 0.2) is 5.96 Å². The number of aromatic nitrogens is 1. The number of fused-ring (bicyclic) bond motifs is 1. The minimum atomic E-state index is 0.426. The third-order valence-corrected chi connectivity index (χ3v) is 5.78. The molecule has 1 N–H and O–H groups in total. The minimum Gasteiger partial charge on any atom is -0.366 e. The van der Waals surface area contributed by atoms with Crippen LogP contribution in [0.2, 0.25) is 0 Å². The molecule has 28 heavy (non-hydrogen) atoms. The van der Waals surface area contributed by atoms with Gasteiger partial charge < -0.3 is 20.0 Å². The van der Waals surface area contributed by atoms with E-state index in [1.165, 1.54) is 11.3 Å². The van der Waals surface area contributed by atoms with Crippen LogP contribution in [-0.2, 0) is 6.42 Å². The molecule has 6 nitrogen and oxygen atoms in total. The number of guanidine groups is 1. The Labute approximate surface area is 167 Å². The average molecular weight is 379 g/mol. The molecular weight excluding hydrogens is 348 g/mol. The maximum Gasteiger partial charge on any atom is 0.193 e. The lowest BCUT2D eigenvalue weighted by atomic mass is 10.2. The molecule has 2 aliphatic rings. The van der Waals surface area contributed by atoms with Crippen LogP contribution < -0.4 is 15.1 Å². The van der Waals surface area contributed by atoms with Gasteiger partial charge in [0, 0.05) is 64.2 Å². The van der Waals surface area contributed by atoms with Gasteiger partial charge >= 0.3 is 0 Å². The van der Waals surface area contributed by atoms with Crippen molar-refractivity contribution in [3.63, 3.8) is 0 Å². The Morgan fingerprint density at radius 1 is 1.07 bits per heavy atom. The number of piperazine rings is 1.